The minimum Gasteiger partial charge on any atom is -0.504 e. The summed E-state index contributed by atoms with van der Waals surface area (Å²) in [6, 6.07) is 4.78. The number of ether oxygens (including phenoxy) is 1. The van der Waals surface area contributed by atoms with E-state index >= 15 is 0 Å². The first-order valence-electron chi connectivity index (χ1n) is 4.69. The van der Waals surface area contributed by atoms with Crippen LogP contribution in [-0.4, -0.2) is 23.7 Å². The van der Waals surface area contributed by atoms with Gasteiger partial charge in [-0.1, -0.05) is 6.07 Å². The largest absolute Gasteiger partial charge is 0.504 e. The van der Waals surface area contributed by atoms with Gasteiger partial charge in [-0.05, 0) is 36.3 Å². The summed E-state index contributed by atoms with van der Waals surface area (Å²) in [5.41, 5.74) is 1.40. The number of nitrogens with zero attached hydrogens (tertiary/aromatic N) is 1. The fraction of sp³-hybridized carbons (Fsp3) is 0.273. The quantitative estimate of drug-likeness (QED) is 0.626. The summed E-state index contributed by atoms with van der Waals surface area (Å²) in [7, 11) is 1.45. The van der Waals surface area contributed by atoms with Gasteiger partial charge in [0.05, 0.1) is 7.11 Å². The second-order valence-electron chi connectivity index (χ2n) is 3.41. The van der Waals surface area contributed by atoms with Gasteiger partial charge >= 0.3 is 0 Å². The molecule has 0 amide bonds. The number of rotatable bonds is 4. The van der Waals surface area contributed by atoms with E-state index in [1.165, 1.54) is 13.2 Å². The van der Waals surface area contributed by atoms with E-state index in [1.807, 2.05) is 0 Å². The van der Waals surface area contributed by atoms with E-state index in [-0.39, 0.29) is 17.2 Å². The van der Waals surface area contributed by atoms with E-state index in [2.05, 4.69) is 0 Å². The van der Waals surface area contributed by atoms with Crippen LogP contribution >= 0.6 is 0 Å². The fourth-order valence-corrected chi connectivity index (χ4v) is 1.32. The highest BCUT2D eigenvalue weighted by Crippen LogP contribution is 2.27. The van der Waals surface area contributed by atoms with Gasteiger partial charge in [0.25, 0.3) is 0 Å². The van der Waals surface area contributed by atoms with Gasteiger partial charge in [0.2, 0.25) is 6.54 Å². The normalized spacial score (nSPS) is 11.2. The molecule has 0 unspecified atom stereocenters. The Labute approximate surface area is 93.1 Å². The number of hydrogen-bond acceptors (Lipinski definition) is 4. The van der Waals surface area contributed by atoms with Crippen molar-refractivity contribution in [2.24, 2.45) is 0 Å². The summed E-state index contributed by atoms with van der Waals surface area (Å²) < 4.78 is 4.94. The molecule has 1 rings (SSSR count). The SMILES string of the molecule is COc1cc(C=C(C)C[N+](=O)[O-])ccc1O. The summed E-state index contributed by atoms with van der Waals surface area (Å²) in [6.07, 6.45) is 1.69. The molecule has 0 atom stereocenters. The second kappa shape index (κ2) is 5.16. The number of hydrogen-bond donors (Lipinski definition) is 1. The van der Waals surface area contributed by atoms with Crippen molar-refractivity contribution in [1.82, 2.24) is 0 Å². The average Bonchev–Trinajstić information content (AvgIpc) is 2.19. The van der Waals surface area contributed by atoms with Crippen LogP contribution in [0.3, 0.4) is 0 Å². The molecule has 0 aliphatic carbocycles. The Morgan fingerprint density at radius 2 is 2.31 bits per heavy atom. The molecule has 0 saturated carbocycles. The molecule has 0 bridgehead atoms. The van der Waals surface area contributed by atoms with Gasteiger partial charge in [-0.3, -0.25) is 10.1 Å². The van der Waals surface area contributed by atoms with Gasteiger partial charge < -0.3 is 9.84 Å². The highest BCUT2D eigenvalue weighted by Gasteiger charge is 2.03. The van der Waals surface area contributed by atoms with E-state index in [0.717, 1.165) is 5.56 Å². The van der Waals surface area contributed by atoms with Crippen molar-refractivity contribution < 1.29 is 14.8 Å². The first kappa shape index (κ1) is 12.0. The molecule has 1 aromatic carbocycles. The summed E-state index contributed by atoms with van der Waals surface area (Å²) in [5.74, 6) is 0.397. The molecule has 0 aliphatic rings. The van der Waals surface area contributed by atoms with E-state index in [0.29, 0.717) is 11.3 Å². The maximum Gasteiger partial charge on any atom is 0.225 e. The summed E-state index contributed by atoms with van der Waals surface area (Å²) in [5, 5.41) is 19.6. The van der Waals surface area contributed by atoms with E-state index < -0.39 is 0 Å². The lowest BCUT2D eigenvalue weighted by Gasteiger charge is -2.04. The summed E-state index contributed by atoms with van der Waals surface area (Å²) in [6.45, 7) is 1.49. The molecule has 0 saturated heterocycles. The molecule has 1 N–H and O–H groups in total. The number of nitro groups is 1. The van der Waals surface area contributed by atoms with Crippen molar-refractivity contribution >= 4 is 6.08 Å². The third-order valence-corrected chi connectivity index (χ3v) is 2.00. The Morgan fingerprint density at radius 1 is 1.62 bits per heavy atom. The summed E-state index contributed by atoms with van der Waals surface area (Å²) >= 11 is 0. The molecule has 1 aromatic rings. The van der Waals surface area contributed by atoms with Gasteiger partial charge in [0, 0.05) is 4.92 Å². The van der Waals surface area contributed by atoms with Gasteiger partial charge in [-0.2, -0.15) is 0 Å². The van der Waals surface area contributed by atoms with E-state index in [9.17, 15) is 15.2 Å². The number of phenols is 1. The van der Waals surface area contributed by atoms with Crippen molar-refractivity contribution in [1.29, 1.82) is 0 Å². The monoisotopic (exact) mass is 223 g/mol. The maximum atomic E-state index is 10.3. The Hall–Kier alpha value is -2.04. The van der Waals surface area contributed by atoms with E-state index in [1.54, 1.807) is 25.1 Å². The molecule has 0 aromatic heterocycles. The van der Waals surface area contributed by atoms with Gasteiger partial charge in [-0.15, -0.1) is 0 Å². The lowest BCUT2D eigenvalue weighted by molar-refractivity contribution is -0.470. The average molecular weight is 223 g/mol. The maximum absolute atomic E-state index is 10.3. The molecular formula is C11H13NO4. The fourth-order valence-electron chi connectivity index (χ4n) is 1.32. The zero-order valence-corrected chi connectivity index (χ0v) is 9.14. The third kappa shape index (κ3) is 3.27. The number of methoxy groups -OCH3 is 1. The van der Waals surface area contributed by atoms with Crippen LogP contribution in [-0.2, 0) is 0 Å². The molecule has 0 aliphatic heterocycles. The lowest BCUT2D eigenvalue weighted by atomic mass is 10.1. The van der Waals surface area contributed by atoms with Gasteiger partial charge in [0.15, 0.2) is 11.5 Å². The topological polar surface area (TPSA) is 72.6 Å². The van der Waals surface area contributed by atoms with Crippen molar-refractivity contribution in [2.75, 3.05) is 13.7 Å². The number of aromatic hydroxyl groups is 1. The lowest BCUT2D eigenvalue weighted by Crippen LogP contribution is -2.01. The van der Waals surface area contributed by atoms with Crippen molar-refractivity contribution in [2.45, 2.75) is 6.92 Å². The Bertz CT molecular complexity index is 426. The Balaban J connectivity index is 2.93. The van der Waals surface area contributed by atoms with Gasteiger partial charge in [-0.25, -0.2) is 0 Å². The molecule has 0 spiro atoms. The molecule has 0 radical (unpaired) electrons. The van der Waals surface area contributed by atoms with E-state index in [4.69, 9.17) is 4.74 Å². The zero-order chi connectivity index (χ0) is 12.1. The number of phenolic OH excluding ortho intramolecular Hbond substituents is 1. The first-order chi connectivity index (χ1) is 7.52. The van der Waals surface area contributed by atoms with Gasteiger partial charge in [0.1, 0.15) is 0 Å². The van der Waals surface area contributed by atoms with Crippen LogP contribution in [0.2, 0.25) is 0 Å². The van der Waals surface area contributed by atoms with Crippen LogP contribution in [0.15, 0.2) is 23.8 Å². The Kier molecular flexibility index (Phi) is 3.88. The first-order valence-corrected chi connectivity index (χ1v) is 4.69. The highest BCUT2D eigenvalue weighted by molar-refractivity contribution is 5.57. The van der Waals surface area contributed by atoms with Crippen molar-refractivity contribution in [3.05, 3.63) is 39.4 Å². The highest BCUT2D eigenvalue weighted by atomic mass is 16.6. The zero-order valence-electron chi connectivity index (χ0n) is 9.14. The molecule has 5 nitrogen and oxygen atoms in total. The molecule has 86 valence electrons. The van der Waals surface area contributed by atoms with Crippen LogP contribution in [0.1, 0.15) is 12.5 Å². The Morgan fingerprint density at radius 3 is 2.88 bits per heavy atom. The minimum absolute atomic E-state index is 0.0478. The van der Waals surface area contributed by atoms with Crippen molar-refractivity contribution in [3.8, 4) is 11.5 Å². The third-order valence-electron chi connectivity index (χ3n) is 2.00. The predicted octanol–water partition coefficient (Wildman–Crippen LogP) is 2.08. The van der Waals surface area contributed by atoms with Crippen LogP contribution in [0.25, 0.3) is 6.08 Å². The summed E-state index contributed by atoms with van der Waals surface area (Å²) in [4.78, 5) is 9.89. The molecule has 16 heavy (non-hydrogen) atoms. The predicted molar refractivity (Wildman–Crippen MR) is 60.2 cm³/mol. The molecular weight excluding hydrogens is 210 g/mol. The standard InChI is InChI=1S/C11H13NO4/c1-8(7-12(14)15)5-9-3-4-10(13)11(6-9)16-2/h3-6,13H,7H2,1-2H3. The molecule has 5 heteroatoms. The van der Waals surface area contributed by atoms with Crippen LogP contribution in [0, 0.1) is 10.1 Å². The van der Waals surface area contributed by atoms with Crippen molar-refractivity contribution in [3.63, 3.8) is 0 Å². The minimum atomic E-state index is -0.385. The number of benzene rings is 1. The smallest absolute Gasteiger partial charge is 0.225 e. The molecule has 0 fully saturated rings. The van der Waals surface area contributed by atoms with Crippen LogP contribution in [0.4, 0.5) is 0 Å². The second-order valence-corrected chi connectivity index (χ2v) is 3.41. The van der Waals surface area contributed by atoms with Crippen LogP contribution in [0.5, 0.6) is 11.5 Å². The molecule has 0 heterocycles. The van der Waals surface area contributed by atoms with Crippen LogP contribution < -0.4 is 4.74 Å².